The third-order valence-corrected chi connectivity index (χ3v) is 6.71. The van der Waals surface area contributed by atoms with Crippen molar-refractivity contribution in [1.29, 1.82) is 0 Å². The van der Waals surface area contributed by atoms with Gasteiger partial charge in [0, 0.05) is 44.4 Å². The van der Waals surface area contributed by atoms with Gasteiger partial charge in [-0.3, -0.25) is 4.90 Å². The van der Waals surface area contributed by atoms with Crippen LogP contribution in [-0.4, -0.2) is 72.9 Å². The highest BCUT2D eigenvalue weighted by Crippen LogP contribution is 2.35. The van der Waals surface area contributed by atoms with Gasteiger partial charge in [-0.05, 0) is 39.0 Å². The monoisotopic (exact) mass is 467 g/mol. The lowest BCUT2D eigenvalue weighted by Crippen LogP contribution is -2.40. The molecular weight excluding hydrogens is 430 g/mol. The summed E-state index contributed by atoms with van der Waals surface area (Å²) >= 11 is 0. The van der Waals surface area contributed by atoms with Crippen molar-refractivity contribution in [2.75, 3.05) is 44.4 Å². The fourth-order valence-corrected chi connectivity index (χ4v) is 5.00. The number of terminal acetylenes is 1. The lowest BCUT2D eigenvalue weighted by atomic mass is 10.0. The Balaban J connectivity index is 1.61. The Hall–Kier alpha value is -2.37. The molecule has 0 amide bonds. The van der Waals surface area contributed by atoms with Gasteiger partial charge < -0.3 is 24.0 Å². The summed E-state index contributed by atoms with van der Waals surface area (Å²) in [5, 5.41) is 15.2. The minimum absolute atomic E-state index is 0.163. The third kappa shape index (κ3) is 6.39. The minimum Gasteiger partial charge on any atom is -0.389 e. The second-order valence-electron chi connectivity index (χ2n) is 9.42. The van der Waals surface area contributed by atoms with E-state index < -0.39 is 6.10 Å². The molecule has 0 aliphatic carbocycles. The number of ether oxygens (including phenoxy) is 2. The van der Waals surface area contributed by atoms with E-state index in [-0.39, 0.29) is 19.3 Å². The number of rotatable bonds is 11. The zero-order chi connectivity index (χ0) is 23.8. The van der Waals surface area contributed by atoms with Gasteiger partial charge in [-0.15, -0.1) is 6.42 Å². The standard InChI is InChI=1S/C27H37N3O4/c1-3-15-32-20-23(31)17-29(18-24-13-9-16-33-24)19-25-26(22-11-5-4-6-12-22)28-34-27(25)30-14-8-7-10-21(30)2/h1,4-6,11-12,21,23-24,31H,7-10,13-20H2,2H3/t21-,23-,24-/m1/s1. The fraction of sp³-hybridized carbons (Fsp3) is 0.593. The first-order chi connectivity index (χ1) is 16.7. The van der Waals surface area contributed by atoms with Crippen molar-refractivity contribution in [3.8, 4) is 23.6 Å². The van der Waals surface area contributed by atoms with E-state index in [9.17, 15) is 5.11 Å². The lowest BCUT2D eigenvalue weighted by Gasteiger charge is -2.34. The van der Waals surface area contributed by atoms with Crippen molar-refractivity contribution in [3.63, 3.8) is 0 Å². The summed E-state index contributed by atoms with van der Waals surface area (Å²) < 4.78 is 17.3. The number of aliphatic hydroxyl groups is 1. The topological polar surface area (TPSA) is 71.2 Å². The van der Waals surface area contributed by atoms with Gasteiger partial charge >= 0.3 is 0 Å². The number of benzene rings is 1. The number of aliphatic hydroxyl groups excluding tert-OH is 1. The van der Waals surface area contributed by atoms with Crippen LogP contribution in [0.4, 0.5) is 5.88 Å². The molecule has 0 unspecified atom stereocenters. The summed E-state index contributed by atoms with van der Waals surface area (Å²) in [4.78, 5) is 4.60. The molecule has 2 saturated heterocycles. The van der Waals surface area contributed by atoms with Crippen LogP contribution in [0.15, 0.2) is 34.9 Å². The molecule has 2 aliphatic heterocycles. The summed E-state index contributed by atoms with van der Waals surface area (Å²) in [5.41, 5.74) is 2.96. The maximum Gasteiger partial charge on any atom is 0.232 e. The largest absolute Gasteiger partial charge is 0.389 e. The molecule has 2 aromatic rings. The lowest BCUT2D eigenvalue weighted by molar-refractivity contribution is 0.00957. The van der Waals surface area contributed by atoms with Gasteiger partial charge in [0.2, 0.25) is 5.88 Å². The van der Waals surface area contributed by atoms with E-state index in [1.807, 2.05) is 18.2 Å². The first-order valence-corrected chi connectivity index (χ1v) is 12.5. The van der Waals surface area contributed by atoms with Gasteiger partial charge in [0.25, 0.3) is 0 Å². The maximum absolute atomic E-state index is 10.7. The molecule has 1 aromatic carbocycles. The van der Waals surface area contributed by atoms with E-state index in [0.29, 0.717) is 19.1 Å². The first kappa shape index (κ1) is 24.7. The molecule has 4 rings (SSSR count). The van der Waals surface area contributed by atoms with E-state index in [0.717, 1.165) is 68.1 Å². The summed E-state index contributed by atoms with van der Waals surface area (Å²) in [6.07, 6.45) is 10.4. The Morgan fingerprint density at radius 2 is 2.12 bits per heavy atom. The normalized spacial score (nSPS) is 21.6. The molecule has 7 nitrogen and oxygen atoms in total. The summed E-state index contributed by atoms with van der Waals surface area (Å²) in [7, 11) is 0. The molecule has 0 bridgehead atoms. The van der Waals surface area contributed by atoms with Crippen LogP contribution in [0.3, 0.4) is 0 Å². The third-order valence-electron chi connectivity index (χ3n) is 6.71. The Labute approximate surface area is 203 Å². The van der Waals surface area contributed by atoms with Crippen LogP contribution in [0.2, 0.25) is 0 Å². The zero-order valence-electron chi connectivity index (χ0n) is 20.2. The van der Waals surface area contributed by atoms with Crippen molar-refractivity contribution in [1.82, 2.24) is 10.1 Å². The SMILES string of the molecule is C#CCOC[C@H](O)CN(Cc1c(-c2ccccc2)noc1N1CCCC[C@H]1C)C[C@H]1CCCO1. The first-order valence-electron chi connectivity index (χ1n) is 12.5. The molecule has 0 saturated carbocycles. The van der Waals surface area contributed by atoms with E-state index >= 15 is 0 Å². The molecule has 1 N–H and O–H groups in total. The van der Waals surface area contributed by atoms with Gasteiger partial charge in [-0.1, -0.05) is 41.4 Å². The molecular formula is C27H37N3O4. The number of anilines is 1. The van der Waals surface area contributed by atoms with Crippen molar-refractivity contribution in [3.05, 3.63) is 35.9 Å². The highest BCUT2D eigenvalue weighted by atomic mass is 16.5. The van der Waals surface area contributed by atoms with Crippen LogP contribution < -0.4 is 4.90 Å². The van der Waals surface area contributed by atoms with Gasteiger partial charge in [-0.25, -0.2) is 0 Å². The predicted octanol–water partition coefficient (Wildman–Crippen LogP) is 3.71. The second kappa shape index (κ2) is 12.4. The molecule has 184 valence electrons. The number of hydrogen-bond donors (Lipinski definition) is 1. The molecule has 7 heteroatoms. The highest BCUT2D eigenvalue weighted by molar-refractivity contribution is 5.68. The Morgan fingerprint density at radius 1 is 1.26 bits per heavy atom. The average molecular weight is 468 g/mol. The minimum atomic E-state index is -0.646. The molecule has 0 radical (unpaired) electrons. The summed E-state index contributed by atoms with van der Waals surface area (Å²) in [6, 6.07) is 10.6. The molecule has 0 spiro atoms. The van der Waals surface area contributed by atoms with Crippen molar-refractivity contribution in [2.45, 2.75) is 63.8 Å². The van der Waals surface area contributed by atoms with Gasteiger partial charge in [0.15, 0.2) is 0 Å². The molecule has 1 aromatic heterocycles. The van der Waals surface area contributed by atoms with Crippen LogP contribution in [0.25, 0.3) is 11.3 Å². The van der Waals surface area contributed by atoms with Crippen molar-refractivity contribution < 1.29 is 19.1 Å². The molecule has 2 fully saturated rings. The summed E-state index contributed by atoms with van der Waals surface area (Å²) in [5.74, 6) is 3.30. The highest BCUT2D eigenvalue weighted by Gasteiger charge is 2.30. The smallest absolute Gasteiger partial charge is 0.232 e. The average Bonchev–Trinajstić information content (AvgIpc) is 3.50. The van der Waals surface area contributed by atoms with Crippen LogP contribution >= 0.6 is 0 Å². The summed E-state index contributed by atoms with van der Waals surface area (Å²) in [6.45, 7) is 6.22. The van der Waals surface area contributed by atoms with Crippen LogP contribution in [0.5, 0.6) is 0 Å². The molecule has 2 aliphatic rings. The molecule has 34 heavy (non-hydrogen) atoms. The fourth-order valence-electron chi connectivity index (χ4n) is 5.00. The van der Waals surface area contributed by atoms with Crippen LogP contribution in [-0.2, 0) is 16.0 Å². The molecule has 3 atom stereocenters. The van der Waals surface area contributed by atoms with E-state index in [1.165, 1.54) is 6.42 Å². The van der Waals surface area contributed by atoms with Gasteiger partial charge in [0.05, 0.1) is 24.4 Å². The maximum atomic E-state index is 10.7. The Bertz CT molecular complexity index is 920. The number of hydrogen-bond acceptors (Lipinski definition) is 7. The van der Waals surface area contributed by atoms with Crippen molar-refractivity contribution >= 4 is 5.88 Å². The van der Waals surface area contributed by atoms with E-state index in [4.69, 9.17) is 20.4 Å². The predicted molar refractivity (Wildman–Crippen MR) is 133 cm³/mol. The number of piperidine rings is 1. The molecule has 3 heterocycles. The van der Waals surface area contributed by atoms with Gasteiger partial charge in [0.1, 0.15) is 12.3 Å². The van der Waals surface area contributed by atoms with E-state index in [2.05, 4.69) is 39.9 Å². The van der Waals surface area contributed by atoms with Crippen LogP contribution in [0, 0.1) is 12.3 Å². The zero-order valence-corrected chi connectivity index (χ0v) is 20.2. The van der Waals surface area contributed by atoms with E-state index in [1.54, 1.807) is 0 Å². The quantitative estimate of drug-likeness (QED) is 0.399. The number of nitrogens with zero attached hydrogens (tertiary/aromatic N) is 3. The Morgan fingerprint density at radius 3 is 2.85 bits per heavy atom. The number of aromatic nitrogens is 1. The Kier molecular flexibility index (Phi) is 9.00. The van der Waals surface area contributed by atoms with Crippen molar-refractivity contribution in [2.24, 2.45) is 0 Å². The van der Waals surface area contributed by atoms with Crippen LogP contribution in [0.1, 0.15) is 44.6 Å². The second-order valence-corrected chi connectivity index (χ2v) is 9.42. The van der Waals surface area contributed by atoms with Gasteiger partial charge in [-0.2, -0.15) is 0 Å².